The molecule has 0 aliphatic carbocycles. The molecule has 0 saturated carbocycles. The number of rotatable bonds is 8. The molecule has 0 aliphatic heterocycles. The average Bonchev–Trinajstić information content (AvgIpc) is 2.51. The van der Waals surface area contributed by atoms with Gasteiger partial charge in [-0.1, -0.05) is 26.0 Å². The minimum atomic E-state index is -3.13. The van der Waals surface area contributed by atoms with Crippen molar-refractivity contribution in [2.45, 2.75) is 51.0 Å². The van der Waals surface area contributed by atoms with Crippen LogP contribution in [0.25, 0.3) is 0 Å². The van der Waals surface area contributed by atoms with Crippen LogP contribution in [-0.2, 0) is 16.3 Å². The molecule has 144 valence electrons. The van der Waals surface area contributed by atoms with Crippen LogP contribution in [-0.4, -0.2) is 40.3 Å². The van der Waals surface area contributed by atoms with Crippen molar-refractivity contribution in [1.82, 2.24) is 10.6 Å². The Hall–Kier alpha value is -0.830. The first-order valence-corrected chi connectivity index (χ1v) is 10.4. The maximum absolute atomic E-state index is 11.4. The predicted molar refractivity (Wildman–Crippen MR) is 117 cm³/mol. The number of aliphatic imine (C=N–C) groups is 1. The largest absolute Gasteiger partial charge is 0.356 e. The summed E-state index contributed by atoms with van der Waals surface area (Å²) < 4.78 is 22.9. The Balaban J connectivity index is 0.00000576. The van der Waals surface area contributed by atoms with Crippen molar-refractivity contribution in [3.05, 3.63) is 29.8 Å². The van der Waals surface area contributed by atoms with E-state index in [2.05, 4.69) is 36.4 Å². The molecule has 1 rings (SSSR count). The summed E-state index contributed by atoms with van der Waals surface area (Å²) in [5.74, 6) is 1.51. The summed E-state index contributed by atoms with van der Waals surface area (Å²) in [5.41, 5.74) is 1.10. The molecule has 0 heterocycles. The Bertz CT molecular complexity index is 628. The lowest BCUT2D eigenvalue weighted by Crippen LogP contribution is -2.43. The fraction of sp³-hybridized carbons (Fsp3) is 0.611. The molecule has 0 amide bonds. The number of guanidine groups is 1. The highest BCUT2D eigenvalue weighted by molar-refractivity contribution is 14.0. The molecule has 0 aromatic heterocycles. The number of halogens is 1. The van der Waals surface area contributed by atoms with Gasteiger partial charge in [-0.05, 0) is 49.8 Å². The summed E-state index contributed by atoms with van der Waals surface area (Å²) >= 11 is 0. The summed E-state index contributed by atoms with van der Waals surface area (Å²) in [6.07, 6.45) is 4.34. The van der Waals surface area contributed by atoms with E-state index in [0.717, 1.165) is 30.9 Å². The van der Waals surface area contributed by atoms with Gasteiger partial charge in [-0.25, -0.2) is 8.42 Å². The number of hydrogen-bond donors (Lipinski definition) is 2. The van der Waals surface area contributed by atoms with Crippen molar-refractivity contribution >= 4 is 39.8 Å². The molecule has 1 aromatic rings. The van der Waals surface area contributed by atoms with Crippen LogP contribution in [0.5, 0.6) is 0 Å². The third kappa shape index (κ3) is 10.0. The van der Waals surface area contributed by atoms with Gasteiger partial charge in [0.1, 0.15) is 0 Å². The Labute approximate surface area is 170 Å². The highest BCUT2D eigenvalue weighted by Crippen LogP contribution is 2.10. The SMILES string of the molecule is CN=C(NCCc1ccc(S(C)(=O)=O)cc1)NC(C)CCC(C)C.I. The first kappa shape index (κ1) is 24.2. The lowest BCUT2D eigenvalue weighted by molar-refractivity contribution is 0.489. The van der Waals surface area contributed by atoms with Crippen molar-refractivity contribution < 1.29 is 8.42 Å². The molecule has 0 aliphatic rings. The quantitative estimate of drug-likeness (QED) is 0.340. The Kier molecular flexibility index (Phi) is 11.3. The fourth-order valence-corrected chi connectivity index (χ4v) is 2.94. The van der Waals surface area contributed by atoms with Crippen LogP contribution >= 0.6 is 24.0 Å². The molecule has 1 aromatic carbocycles. The van der Waals surface area contributed by atoms with Gasteiger partial charge in [0, 0.05) is 25.9 Å². The number of benzene rings is 1. The summed E-state index contributed by atoms with van der Waals surface area (Å²) in [7, 11) is -1.36. The van der Waals surface area contributed by atoms with E-state index in [4.69, 9.17) is 0 Å². The minimum Gasteiger partial charge on any atom is -0.356 e. The summed E-state index contributed by atoms with van der Waals surface area (Å²) in [6.45, 7) is 7.37. The normalized spacial score (nSPS) is 13.3. The first-order chi connectivity index (χ1) is 11.2. The van der Waals surface area contributed by atoms with Crippen molar-refractivity contribution in [2.24, 2.45) is 10.9 Å². The molecule has 1 unspecified atom stereocenters. The van der Waals surface area contributed by atoms with Gasteiger partial charge in [-0.3, -0.25) is 4.99 Å². The lowest BCUT2D eigenvalue weighted by atomic mass is 10.0. The van der Waals surface area contributed by atoms with Gasteiger partial charge in [-0.2, -0.15) is 0 Å². The highest BCUT2D eigenvalue weighted by atomic mass is 127. The van der Waals surface area contributed by atoms with Crippen molar-refractivity contribution in [3.8, 4) is 0 Å². The van der Waals surface area contributed by atoms with E-state index >= 15 is 0 Å². The predicted octanol–water partition coefficient (Wildman–Crippen LogP) is 3.24. The zero-order valence-electron chi connectivity index (χ0n) is 15.9. The van der Waals surface area contributed by atoms with Crippen LogP contribution in [0.4, 0.5) is 0 Å². The van der Waals surface area contributed by atoms with Gasteiger partial charge in [0.2, 0.25) is 0 Å². The third-order valence-electron chi connectivity index (χ3n) is 3.84. The van der Waals surface area contributed by atoms with Crippen LogP contribution in [0.2, 0.25) is 0 Å². The molecule has 1 atom stereocenters. The Morgan fingerprint density at radius 3 is 2.20 bits per heavy atom. The number of hydrogen-bond acceptors (Lipinski definition) is 3. The number of nitrogens with zero attached hydrogens (tertiary/aromatic N) is 1. The summed E-state index contributed by atoms with van der Waals surface area (Å²) in [4.78, 5) is 4.60. The van der Waals surface area contributed by atoms with E-state index in [1.165, 1.54) is 12.7 Å². The molecular formula is C18H32IN3O2S. The van der Waals surface area contributed by atoms with Crippen LogP contribution in [0.15, 0.2) is 34.2 Å². The smallest absolute Gasteiger partial charge is 0.191 e. The second-order valence-electron chi connectivity index (χ2n) is 6.68. The van der Waals surface area contributed by atoms with E-state index in [1.54, 1.807) is 19.2 Å². The summed E-state index contributed by atoms with van der Waals surface area (Å²) in [5, 5.41) is 6.70. The standard InChI is InChI=1S/C18H31N3O2S.HI/c1-14(2)6-7-15(3)21-18(19-4)20-13-12-16-8-10-17(11-9-16)24(5,22)23;/h8-11,14-15H,6-7,12-13H2,1-5H3,(H2,19,20,21);1H. The van der Waals surface area contributed by atoms with Crippen molar-refractivity contribution in [3.63, 3.8) is 0 Å². The molecule has 5 nitrogen and oxygen atoms in total. The van der Waals surface area contributed by atoms with Crippen molar-refractivity contribution in [1.29, 1.82) is 0 Å². The summed E-state index contributed by atoms with van der Waals surface area (Å²) in [6, 6.07) is 7.42. The maximum atomic E-state index is 11.4. The van der Waals surface area contributed by atoms with E-state index in [-0.39, 0.29) is 24.0 Å². The zero-order valence-corrected chi connectivity index (χ0v) is 19.0. The third-order valence-corrected chi connectivity index (χ3v) is 4.97. The second kappa shape index (κ2) is 11.7. The molecule has 0 fully saturated rings. The fourth-order valence-electron chi connectivity index (χ4n) is 2.31. The van der Waals surface area contributed by atoms with E-state index in [1.807, 2.05) is 12.1 Å². The first-order valence-electron chi connectivity index (χ1n) is 8.48. The molecule has 0 saturated heterocycles. The van der Waals surface area contributed by atoms with Gasteiger partial charge >= 0.3 is 0 Å². The van der Waals surface area contributed by atoms with Gasteiger partial charge in [0.05, 0.1) is 4.90 Å². The monoisotopic (exact) mass is 481 g/mol. The number of nitrogens with one attached hydrogen (secondary N) is 2. The van der Waals surface area contributed by atoms with Gasteiger partial charge in [0.25, 0.3) is 0 Å². The van der Waals surface area contributed by atoms with Gasteiger partial charge in [-0.15, -0.1) is 24.0 Å². The van der Waals surface area contributed by atoms with Crippen LogP contribution < -0.4 is 10.6 Å². The van der Waals surface area contributed by atoms with Crippen LogP contribution in [0, 0.1) is 5.92 Å². The van der Waals surface area contributed by atoms with Crippen LogP contribution in [0.3, 0.4) is 0 Å². The topological polar surface area (TPSA) is 70.6 Å². The zero-order chi connectivity index (χ0) is 18.2. The molecule has 7 heteroatoms. The molecule has 0 radical (unpaired) electrons. The molecule has 0 bridgehead atoms. The number of sulfone groups is 1. The maximum Gasteiger partial charge on any atom is 0.191 e. The molecular weight excluding hydrogens is 449 g/mol. The Morgan fingerprint density at radius 1 is 1.12 bits per heavy atom. The van der Waals surface area contributed by atoms with E-state index < -0.39 is 9.84 Å². The van der Waals surface area contributed by atoms with E-state index in [0.29, 0.717) is 16.9 Å². The molecule has 0 spiro atoms. The van der Waals surface area contributed by atoms with E-state index in [9.17, 15) is 8.42 Å². The van der Waals surface area contributed by atoms with Gasteiger partial charge < -0.3 is 10.6 Å². The minimum absolute atomic E-state index is 0. The average molecular weight is 481 g/mol. The Morgan fingerprint density at radius 2 is 1.72 bits per heavy atom. The molecule has 25 heavy (non-hydrogen) atoms. The lowest BCUT2D eigenvalue weighted by Gasteiger charge is -2.18. The highest BCUT2D eigenvalue weighted by Gasteiger charge is 2.07. The van der Waals surface area contributed by atoms with Crippen molar-refractivity contribution in [2.75, 3.05) is 19.8 Å². The van der Waals surface area contributed by atoms with Crippen LogP contribution in [0.1, 0.15) is 39.2 Å². The van der Waals surface area contributed by atoms with Gasteiger partial charge in [0.15, 0.2) is 15.8 Å². The second-order valence-corrected chi connectivity index (χ2v) is 8.70. The molecule has 2 N–H and O–H groups in total.